The molecule has 3 nitrogen and oxygen atoms in total. The Balaban J connectivity index is 0.998. The van der Waals surface area contributed by atoms with Gasteiger partial charge in [-0.3, -0.25) is 0 Å². The zero-order valence-electron chi connectivity index (χ0n) is 32.1. The van der Waals surface area contributed by atoms with Crippen LogP contribution in [-0.2, 0) is 0 Å². The first kappa shape index (κ1) is 33.3. The van der Waals surface area contributed by atoms with E-state index >= 15 is 0 Å². The summed E-state index contributed by atoms with van der Waals surface area (Å²) in [7, 11) is 0. The monoisotopic (exact) mass is 752 g/mol. The number of rotatable bonds is 6. The molecule has 2 heterocycles. The second-order valence-corrected chi connectivity index (χ2v) is 15.3. The molecule has 0 N–H and O–H groups in total. The highest BCUT2D eigenvalue weighted by Crippen LogP contribution is 2.44. The van der Waals surface area contributed by atoms with E-state index in [0.29, 0.717) is 0 Å². The highest BCUT2D eigenvalue weighted by atomic mass is 16.3. The van der Waals surface area contributed by atoms with Crippen LogP contribution in [0.5, 0.6) is 0 Å². The Kier molecular flexibility index (Phi) is 7.54. The molecule has 0 atom stereocenters. The molecule has 3 heteroatoms. The first-order valence-electron chi connectivity index (χ1n) is 20.2. The first-order chi connectivity index (χ1) is 29.2. The van der Waals surface area contributed by atoms with Crippen molar-refractivity contribution in [1.29, 1.82) is 0 Å². The fraction of sp³-hybridized carbons (Fsp3) is 0. The minimum absolute atomic E-state index is 0.905. The smallest absolute Gasteiger partial charge is 0.136 e. The molecule has 0 amide bonds. The minimum atomic E-state index is 0.905. The highest BCUT2D eigenvalue weighted by molar-refractivity contribution is 6.15. The van der Waals surface area contributed by atoms with Crippen molar-refractivity contribution in [2.45, 2.75) is 0 Å². The van der Waals surface area contributed by atoms with E-state index in [1.807, 2.05) is 12.1 Å². The number of para-hydroxylation sites is 3. The number of hydrogen-bond acceptors (Lipinski definition) is 2. The molecule has 0 spiro atoms. The Morgan fingerprint density at radius 1 is 0.322 bits per heavy atom. The maximum atomic E-state index is 6.25. The number of benzene rings is 10. The summed E-state index contributed by atoms with van der Waals surface area (Å²) in [6.07, 6.45) is 0. The standard InChI is InChI=1S/C56H36N2O/c1-2-18-45-41(13-1)34-54(47-20-4-3-19-46(45)47)57(43-16-12-17-44(36-43)58-52-24-8-5-21-48(52)49-22-6-9-25-53(49)58)42-30-27-37(28-31-42)38-14-11-15-39(33-38)40-29-32-51-50-23-7-10-26-55(50)59-56(51)35-40/h1-36H. The van der Waals surface area contributed by atoms with E-state index in [2.05, 4.69) is 216 Å². The van der Waals surface area contributed by atoms with Crippen LogP contribution in [0.25, 0.3) is 93.2 Å². The van der Waals surface area contributed by atoms with E-state index in [1.165, 1.54) is 43.4 Å². The van der Waals surface area contributed by atoms with Crippen molar-refractivity contribution >= 4 is 82.4 Å². The van der Waals surface area contributed by atoms with Crippen molar-refractivity contribution in [3.63, 3.8) is 0 Å². The van der Waals surface area contributed by atoms with E-state index in [1.54, 1.807) is 0 Å². The number of nitrogens with zero attached hydrogens (tertiary/aromatic N) is 2. The van der Waals surface area contributed by atoms with Crippen LogP contribution in [-0.4, -0.2) is 4.57 Å². The average molecular weight is 753 g/mol. The van der Waals surface area contributed by atoms with Gasteiger partial charge in [0.2, 0.25) is 0 Å². The van der Waals surface area contributed by atoms with Gasteiger partial charge in [-0.25, -0.2) is 0 Å². The second-order valence-electron chi connectivity index (χ2n) is 15.3. The van der Waals surface area contributed by atoms with Crippen LogP contribution < -0.4 is 4.90 Å². The van der Waals surface area contributed by atoms with Crippen LogP contribution >= 0.6 is 0 Å². The van der Waals surface area contributed by atoms with Gasteiger partial charge in [-0.2, -0.15) is 0 Å². The number of fused-ring (bicyclic) bond motifs is 9. The molecule has 276 valence electrons. The fourth-order valence-electron chi connectivity index (χ4n) is 9.21. The van der Waals surface area contributed by atoms with Crippen molar-refractivity contribution < 1.29 is 4.42 Å². The molecular formula is C56H36N2O. The molecule has 0 aliphatic heterocycles. The topological polar surface area (TPSA) is 21.3 Å². The first-order valence-corrected chi connectivity index (χ1v) is 20.2. The van der Waals surface area contributed by atoms with Gasteiger partial charge in [-0.1, -0.05) is 146 Å². The van der Waals surface area contributed by atoms with Crippen LogP contribution in [0, 0.1) is 0 Å². The van der Waals surface area contributed by atoms with Crippen LogP contribution in [0.3, 0.4) is 0 Å². The minimum Gasteiger partial charge on any atom is -0.456 e. The van der Waals surface area contributed by atoms with Gasteiger partial charge in [0.05, 0.1) is 16.7 Å². The molecule has 59 heavy (non-hydrogen) atoms. The van der Waals surface area contributed by atoms with E-state index in [-0.39, 0.29) is 0 Å². The van der Waals surface area contributed by atoms with Crippen LogP contribution in [0.4, 0.5) is 17.1 Å². The quantitative estimate of drug-likeness (QED) is 0.158. The van der Waals surface area contributed by atoms with Gasteiger partial charge in [0, 0.05) is 44.0 Å². The number of aromatic nitrogens is 1. The summed E-state index contributed by atoms with van der Waals surface area (Å²) < 4.78 is 8.64. The number of anilines is 3. The molecule has 10 aromatic carbocycles. The second kappa shape index (κ2) is 13.4. The summed E-state index contributed by atoms with van der Waals surface area (Å²) in [4.78, 5) is 2.43. The van der Waals surface area contributed by atoms with Crippen molar-refractivity contribution in [2.75, 3.05) is 4.90 Å². The molecule has 0 aliphatic rings. The lowest BCUT2D eigenvalue weighted by Gasteiger charge is -2.28. The molecule has 12 rings (SSSR count). The van der Waals surface area contributed by atoms with Crippen LogP contribution in [0.15, 0.2) is 223 Å². The van der Waals surface area contributed by atoms with E-state index in [4.69, 9.17) is 4.42 Å². The summed E-state index contributed by atoms with van der Waals surface area (Å²) >= 11 is 0. The lowest BCUT2D eigenvalue weighted by Crippen LogP contribution is -2.11. The van der Waals surface area contributed by atoms with Crippen LogP contribution in [0.1, 0.15) is 0 Å². The molecule has 0 aliphatic carbocycles. The maximum absolute atomic E-state index is 6.25. The Hall–Kier alpha value is -7.88. The van der Waals surface area contributed by atoms with Gasteiger partial charge in [-0.05, 0) is 111 Å². The zero-order valence-corrected chi connectivity index (χ0v) is 32.1. The molecular weight excluding hydrogens is 717 g/mol. The summed E-state index contributed by atoms with van der Waals surface area (Å²) in [5.41, 5.74) is 13.2. The fourth-order valence-corrected chi connectivity index (χ4v) is 9.21. The van der Waals surface area contributed by atoms with Gasteiger partial charge in [0.15, 0.2) is 0 Å². The molecule has 0 bridgehead atoms. The van der Waals surface area contributed by atoms with Crippen molar-refractivity contribution in [3.05, 3.63) is 218 Å². The molecule has 12 aromatic rings. The lowest BCUT2D eigenvalue weighted by atomic mass is 9.97. The van der Waals surface area contributed by atoms with Crippen molar-refractivity contribution in [1.82, 2.24) is 4.57 Å². The summed E-state index contributed by atoms with van der Waals surface area (Å²) in [5, 5.41) is 9.68. The maximum Gasteiger partial charge on any atom is 0.136 e. The summed E-state index contributed by atoms with van der Waals surface area (Å²) in [5.74, 6) is 0. The van der Waals surface area contributed by atoms with Gasteiger partial charge >= 0.3 is 0 Å². The van der Waals surface area contributed by atoms with Crippen molar-refractivity contribution in [2.24, 2.45) is 0 Å². The highest BCUT2D eigenvalue weighted by Gasteiger charge is 2.20. The zero-order chi connectivity index (χ0) is 38.9. The molecule has 0 radical (unpaired) electrons. The van der Waals surface area contributed by atoms with E-state index in [9.17, 15) is 0 Å². The lowest BCUT2D eigenvalue weighted by molar-refractivity contribution is 0.669. The van der Waals surface area contributed by atoms with Gasteiger partial charge in [-0.15, -0.1) is 0 Å². The average Bonchev–Trinajstić information content (AvgIpc) is 3.85. The van der Waals surface area contributed by atoms with E-state index in [0.717, 1.165) is 66.9 Å². The van der Waals surface area contributed by atoms with E-state index < -0.39 is 0 Å². The molecule has 2 aromatic heterocycles. The van der Waals surface area contributed by atoms with Gasteiger partial charge in [0.1, 0.15) is 11.2 Å². The third-order valence-corrected chi connectivity index (χ3v) is 11.9. The SMILES string of the molecule is c1cc(-c2ccc(N(c3cccc(-n4c5ccccc5c5ccccc54)c3)c3cc4ccccc4c4ccccc34)cc2)cc(-c2ccc3c(c2)oc2ccccc23)c1. The molecule has 0 saturated heterocycles. The normalized spacial score (nSPS) is 11.7. The molecule has 0 saturated carbocycles. The molecule has 0 fully saturated rings. The number of furan rings is 1. The van der Waals surface area contributed by atoms with Crippen LogP contribution in [0.2, 0.25) is 0 Å². The Labute approximate surface area is 341 Å². The molecule has 0 unspecified atom stereocenters. The van der Waals surface area contributed by atoms with Gasteiger partial charge < -0.3 is 13.9 Å². The predicted octanol–water partition coefficient (Wildman–Crippen LogP) is 15.8. The van der Waals surface area contributed by atoms with Gasteiger partial charge in [0.25, 0.3) is 0 Å². The Morgan fingerprint density at radius 2 is 0.898 bits per heavy atom. The third-order valence-electron chi connectivity index (χ3n) is 11.9. The number of hydrogen-bond donors (Lipinski definition) is 0. The summed E-state index contributed by atoms with van der Waals surface area (Å²) in [6.45, 7) is 0. The predicted molar refractivity (Wildman–Crippen MR) is 249 cm³/mol. The Bertz CT molecular complexity index is 3520. The Morgan fingerprint density at radius 3 is 1.68 bits per heavy atom. The third kappa shape index (κ3) is 5.44. The largest absolute Gasteiger partial charge is 0.456 e. The summed E-state index contributed by atoms with van der Waals surface area (Å²) in [6, 6.07) is 78.9. The van der Waals surface area contributed by atoms with Crippen molar-refractivity contribution in [3.8, 4) is 27.9 Å².